The molecule has 0 N–H and O–H groups in total. The van der Waals surface area contributed by atoms with Gasteiger partial charge in [0, 0.05) is 55.2 Å². The minimum absolute atomic E-state index is 0.584. The van der Waals surface area contributed by atoms with Crippen molar-refractivity contribution in [2.24, 2.45) is 0 Å². The third-order valence-corrected chi connectivity index (χ3v) is 5.56. The number of allylic oxidation sites excluding steroid dienone is 1. The van der Waals surface area contributed by atoms with Crippen molar-refractivity contribution < 1.29 is 0 Å². The molecule has 26 heavy (non-hydrogen) atoms. The topological polar surface area (TPSA) is 21.1 Å². The van der Waals surface area contributed by atoms with Gasteiger partial charge in [-0.2, -0.15) is 0 Å². The first-order chi connectivity index (χ1) is 12.5. The molecular weight excluding hydrogens is 318 g/mol. The summed E-state index contributed by atoms with van der Waals surface area (Å²) in [5.41, 5.74) is 8.10. The number of aryl methyl sites for hydroxylation is 1. The highest BCUT2D eigenvalue weighted by Gasteiger charge is 2.24. The van der Waals surface area contributed by atoms with Gasteiger partial charge in [-0.15, -0.1) is 0 Å². The molecule has 0 spiro atoms. The molecule has 0 saturated heterocycles. The molecule has 0 atom stereocenters. The summed E-state index contributed by atoms with van der Waals surface area (Å²) in [6, 6.07) is 11.6. The van der Waals surface area contributed by atoms with E-state index in [1.54, 1.807) is 0 Å². The fraction of sp³-hybridized carbons (Fsp3) is 0.348. The smallest absolute Gasteiger partial charge is 0.0529 e. The Morgan fingerprint density at radius 3 is 2.65 bits per heavy atom. The lowest BCUT2D eigenvalue weighted by molar-refractivity contribution is 0.203. The molecule has 3 heteroatoms. The van der Waals surface area contributed by atoms with Crippen molar-refractivity contribution in [3.05, 3.63) is 65.1 Å². The number of pyridine rings is 1. The van der Waals surface area contributed by atoms with Gasteiger partial charge < -0.3 is 4.57 Å². The van der Waals surface area contributed by atoms with Crippen LogP contribution >= 0.6 is 0 Å². The average Bonchev–Trinajstić information content (AvgIpc) is 2.95. The lowest BCUT2D eigenvalue weighted by Gasteiger charge is -2.31. The molecule has 1 aliphatic heterocycles. The highest BCUT2D eigenvalue weighted by atomic mass is 15.2. The summed E-state index contributed by atoms with van der Waals surface area (Å²) in [4.78, 5) is 6.72. The van der Waals surface area contributed by atoms with Crippen LogP contribution in [0, 0.1) is 6.92 Å². The van der Waals surface area contributed by atoms with Gasteiger partial charge in [-0.1, -0.05) is 11.6 Å². The van der Waals surface area contributed by atoms with Crippen molar-refractivity contribution in [2.75, 3.05) is 6.54 Å². The second kappa shape index (κ2) is 6.73. The minimum Gasteiger partial charge on any atom is -0.320 e. The van der Waals surface area contributed by atoms with E-state index in [1.165, 1.54) is 38.9 Å². The Morgan fingerprint density at radius 1 is 1.15 bits per heavy atom. The minimum atomic E-state index is 0.584. The number of nitrogens with zero attached hydrogens (tertiary/aromatic N) is 3. The van der Waals surface area contributed by atoms with Crippen molar-refractivity contribution >= 4 is 22.7 Å². The zero-order valence-corrected chi connectivity index (χ0v) is 16.2. The zero-order chi connectivity index (χ0) is 18.3. The van der Waals surface area contributed by atoms with E-state index < -0.39 is 0 Å². The Balaban J connectivity index is 1.88. The van der Waals surface area contributed by atoms with Crippen molar-refractivity contribution in [3.63, 3.8) is 0 Å². The van der Waals surface area contributed by atoms with Crippen molar-refractivity contribution in [2.45, 2.75) is 46.7 Å². The highest BCUT2D eigenvalue weighted by Crippen LogP contribution is 2.33. The summed E-state index contributed by atoms with van der Waals surface area (Å²) >= 11 is 0. The van der Waals surface area contributed by atoms with Crippen LogP contribution in [-0.2, 0) is 13.0 Å². The van der Waals surface area contributed by atoms with E-state index >= 15 is 0 Å². The first-order valence-corrected chi connectivity index (χ1v) is 9.49. The van der Waals surface area contributed by atoms with Gasteiger partial charge in [0.15, 0.2) is 0 Å². The van der Waals surface area contributed by atoms with Gasteiger partial charge in [0.05, 0.1) is 5.52 Å². The largest absolute Gasteiger partial charge is 0.320 e. The van der Waals surface area contributed by atoms with Crippen LogP contribution in [0.5, 0.6) is 0 Å². The van der Waals surface area contributed by atoms with E-state index in [0.29, 0.717) is 6.04 Å². The predicted molar refractivity (Wildman–Crippen MR) is 110 cm³/mol. The average molecular weight is 345 g/mol. The van der Waals surface area contributed by atoms with Crippen LogP contribution in [0.1, 0.15) is 43.2 Å². The van der Waals surface area contributed by atoms with E-state index in [9.17, 15) is 0 Å². The molecule has 4 rings (SSSR count). The first-order valence-electron chi connectivity index (χ1n) is 9.49. The molecule has 134 valence electrons. The lowest BCUT2D eigenvalue weighted by atomic mass is 10.0. The van der Waals surface area contributed by atoms with Crippen LogP contribution in [0.2, 0.25) is 0 Å². The van der Waals surface area contributed by atoms with E-state index in [2.05, 4.69) is 78.7 Å². The Morgan fingerprint density at radius 2 is 1.92 bits per heavy atom. The third-order valence-electron chi connectivity index (χ3n) is 5.56. The SMILES string of the molecule is CC(=Cn1c2c(c3cc(C)ccc31)CN(C(C)C)CC2)c1ccncc1. The fourth-order valence-corrected chi connectivity index (χ4v) is 4.00. The second-order valence-electron chi connectivity index (χ2n) is 7.68. The molecule has 0 amide bonds. The maximum atomic E-state index is 4.14. The maximum Gasteiger partial charge on any atom is 0.0529 e. The normalized spacial score (nSPS) is 15.7. The van der Waals surface area contributed by atoms with Crippen molar-refractivity contribution in [1.82, 2.24) is 14.5 Å². The lowest BCUT2D eigenvalue weighted by Crippen LogP contribution is -2.36. The highest BCUT2D eigenvalue weighted by molar-refractivity contribution is 5.90. The monoisotopic (exact) mass is 345 g/mol. The summed E-state index contributed by atoms with van der Waals surface area (Å²) < 4.78 is 2.43. The van der Waals surface area contributed by atoms with Gasteiger partial charge >= 0.3 is 0 Å². The van der Waals surface area contributed by atoms with Crippen molar-refractivity contribution in [1.29, 1.82) is 0 Å². The molecular formula is C23H27N3. The van der Waals surface area contributed by atoms with E-state index in [0.717, 1.165) is 19.5 Å². The second-order valence-corrected chi connectivity index (χ2v) is 7.68. The van der Waals surface area contributed by atoms with Crippen LogP contribution < -0.4 is 0 Å². The van der Waals surface area contributed by atoms with Gasteiger partial charge in [0.2, 0.25) is 0 Å². The molecule has 0 fully saturated rings. The molecule has 0 unspecified atom stereocenters. The Hall–Kier alpha value is -2.39. The number of aromatic nitrogens is 2. The fourth-order valence-electron chi connectivity index (χ4n) is 4.00. The van der Waals surface area contributed by atoms with Gasteiger partial charge in [0.1, 0.15) is 0 Å². The molecule has 0 radical (unpaired) electrons. The number of fused-ring (bicyclic) bond motifs is 3. The predicted octanol–water partition coefficient (Wildman–Crippen LogP) is 5.13. The van der Waals surface area contributed by atoms with Crippen LogP contribution in [-0.4, -0.2) is 27.0 Å². The van der Waals surface area contributed by atoms with Crippen LogP contribution in [0.15, 0.2) is 42.7 Å². The quantitative estimate of drug-likeness (QED) is 0.656. The van der Waals surface area contributed by atoms with Gasteiger partial charge in [0.25, 0.3) is 0 Å². The van der Waals surface area contributed by atoms with Crippen molar-refractivity contribution in [3.8, 4) is 0 Å². The molecule has 0 saturated carbocycles. The number of hydrogen-bond donors (Lipinski definition) is 0. The number of benzene rings is 1. The van der Waals surface area contributed by atoms with Crippen LogP contribution in [0.4, 0.5) is 0 Å². The van der Waals surface area contributed by atoms with Gasteiger partial charge in [-0.3, -0.25) is 9.88 Å². The zero-order valence-electron chi connectivity index (χ0n) is 16.2. The Bertz CT molecular complexity index is 964. The third kappa shape index (κ3) is 2.97. The summed E-state index contributed by atoms with van der Waals surface area (Å²) in [5, 5.41) is 1.41. The molecule has 3 nitrogen and oxygen atoms in total. The Kier molecular flexibility index (Phi) is 4.41. The van der Waals surface area contributed by atoms with E-state index in [-0.39, 0.29) is 0 Å². The van der Waals surface area contributed by atoms with E-state index in [1.807, 2.05) is 12.4 Å². The standard InChI is InChI=1S/C23H27N3/c1-16(2)25-12-9-23-21(15-25)20-13-17(3)5-6-22(20)26(23)14-18(4)19-7-10-24-11-8-19/h5-8,10-11,13-14,16H,9,12,15H2,1-4H3. The molecule has 1 aromatic carbocycles. The molecule has 2 aromatic heterocycles. The number of hydrogen-bond acceptors (Lipinski definition) is 2. The summed E-state index contributed by atoms with van der Waals surface area (Å²) in [5.74, 6) is 0. The van der Waals surface area contributed by atoms with Gasteiger partial charge in [-0.25, -0.2) is 0 Å². The molecule has 1 aliphatic rings. The molecule has 3 heterocycles. The van der Waals surface area contributed by atoms with Crippen LogP contribution in [0.3, 0.4) is 0 Å². The molecule has 0 bridgehead atoms. The molecule has 0 aliphatic carbocycles. The van der Waals surface area contributed by atoms with Gasteiger partial charge in [-0.05, 0) is 68.7 Å². The van der Waals surface area contributed by atoms with E-state index in [4.69, 9.17) is 0 Å². The maximum absolute atomic E-state index is 4.14. The molecule has 3 aromatic rings. The first kappa shape index (κ1) is 17.0. The summed E-state index contributed by atoms with van der Waals surface area (Å²) in [6.07, 6.45) is 7.12. The number of rotatable bonds is 3. The summed E-state index contributed by atoms with van der Waals surface area (Å²) in [7, 11) is 0. The summed E-state index contributed by atoms with van der Waals surface area (Å²) in [6.45, 7) is 11.1. The van der Waals surface area contributed by atoms with Crippen LogP contribution in [0.25, 0.3) is 22.7 Å². The Labute approximate surface area is 156 Å².